The molecule has 0 saturated carbocycles. The minimum absolute atomic E-state index is 0. The zero-order chi connectivity index (χ0) is 9.14. The van der Waals surface area contributed by atoms with Crippen LogP contribution < -0.4 is 0 Å². The fourth-order valence-corrected chi connectivity index (χ4v) is 0.748. The first-order chi connectivity index (χ1) is 5.63. The summed E-state index contributed by atoms with van der Waals surface area (Å²) in [7, 11) is 0. The molecule has 2 radical (unpaired) electrons. The first kappa shape index (κ1) is 16.0. The van der Waals surface area contributed by atoms with Gasteiger partial charge in [0.1, 0.15) is 0 Å². The Morgan fingerprint density at radius 2 is 1.71 bits per heavy atom. The zero-order valence-corrected chi connectivity index (χ0v) is 9.46. The van der Waals surface area contributed by atoms with Crippen LogP contribution in [-0.4, -0.2) is 27.1 Å². The molecule has 0 fully saturated rings. The number of carboxylic acids is 2. The molecule has 0 amide bonds. The fraction of sp³-hybridized carbons (Fsp3) is 0. The maximum absolute atomic E-state index is 10.4. The van der Waals surface area contributed by atoms with Crippen LogP contribution in [0.3, 0.4) is 0 Å². The van der Waals surface area contributed by atoms with E-state index in [2.05, 4.69) is 4.98 Å². The van der Waals surface area contributed by atoms with Gasteiger partial charge in [-0.3, -0.25) is 0 Å². The van der Waals surface area contributed by atoms with Crippen LogP contribution in [0.1, 0.15) is 20.8 Å². The SMILES string of the molecule is O=C(O)c1cccnc1C(=O)O.[Ag].[Ag]. The maximum atomic E-state index is 10.4. The Hall–Kier alpha value is -0.429. The van der Waals surface area contributed by atoms with Crippen LogP contribution in [0, 0.1) is 0 Å². The third-order valence-corrected chi connectivity index (χ3v) is 1.24. The zero-order valence-electron chi connectivity index (χ0n) is 6.49. The number of nitrogens with zero attached hydrogens (tertiary/aromatic N) is 1. The van der Waals surface area contributed by atoms with Gasteiger partial charge in [-0.15, -0.1) is 0 Å². The van der Waals surface area contributed by atoms with Crippen LogP contribution in [0.15, 0.2) is 18.3 Å². The van der Waals surface area contributed by atoms with Gasteiger partial charge in [-0.05, 0) is 12.1 Å². The van der Waals surface area contributed by atoms with E-state index in [9.17, 15) is 9.59 Å². The van der Waals surface area contributed by atoms with Gasteiger partial charge in [-0.1, -0.05) is 0 Å². The molecule has 1 aromatic heterocycles. The van der Waals surface area contributed by atoms with Crippen molar-refractivity contribution in [2.75, 3.05) is 0 Å². The summed E-state index contributed by atoms with van der Waals surface area (Å²) in [6.45, 7) is 0. The Labute approximate surface area is 111 Å². The van der Waals surface area contributed by atoms with Crippen molar-refractivity contribution in [3.63, 3.8) is 0 Å². The van der Waals surface area contributed by atoms with Crippen molar-refractivity contribution in [2.45, 2.75) is 0 Å². The van der Waals surface area contributed by atoms with E-state index >= 15 is 0 Å². The minimum Gasteiger partial charge on any atom is -0.478 e. The van der Waals surface area contributed by atoms with Crippen molar-refractivity contribution in [1.29, 1.82) is 0 Å². The van der Waals surface area contributed by atoms with E-state index in [0.717, 1.165) is 0 Å². The molecule has 1 heterocycles. The predicted molar refractivity (Wildman–Crippen MR) is 38.2 cm³/mol. The standard InChI is InChI=1S/C7H5NO4.2Ag/c9-6(10)4-2-1-3-8-5(4)7(11)12;;/h1-3H,(H,9,10)(H,11,12);;. The second-order valence-electron chi connectivity index (χ2n) is 2.01. The number of carboxylic acid groups (broad SMARTS) is 2. The van der Waals surface area contributed by atoms with Crippen molar-refractivity contribution in [2.24, 2.45) is 0 Å². The van der Waals surface area contributed by atoms with Crippen LogP contribution >= 0.6 is 0 Å². The first-order valence-corrected chi connectivity index (χ1v) is 3.04. The molecular formula is C7H5Ag2NO4. The van der Waals surface area contributed by atoms with Gasteiger partial charge in [0.15, 0.2) is 5.69 Å². The van der Waals surface area contributed by atoms with Crippen molar-refractivity contribution in [3.05, 3.63) is 29.6 Å². The molecule has 1 aromatic rings. The number of rotatable bonds is 2. The van der Waals surface area contributed by atoms with E-state index in [1.54, 1.807) is 0 Å². The molecule has 7 heteroatoms. The average Bonchev–Trinajstić information content (AvgIpc) is 2.04. The Morgan fingerprint density at radius 1 is 1.14 bits per heavy atom. The van der Waals surface area contributed by atoms with Crippen molar-refractivity contribution < 1.29 is 64.6 Å². The molecule has 0 atom stereocenters. The van der Waals surface area contributed by atoms with E-state index in [1.165, 1.54) is 18.3 Å². The third-order valence-electron chi connectivity index (χ3n) is 1.24. The second-order valence-corrected chi connectivity index (χ2v) is 2.01. The summed E-state index contributed by atoms with van der Waals surface area (Å²) < 4.78 is 0. The quantitative estimate of drug-likeness (QED) is 0.726. The normalized spacial score (nSPS) is 8.00. The van der Waals surface area contributed by atoms with E-state index in [0.29, 0.717) is 0 Å². The first-order valence-electron chi connectivity index (χ1n) is 3.04. The van der Waals surface area contributed by atoms with Gasteiger partial charge in [-0.2, -0.15) is 0 Å². The van der Waals surface area contributed by atoms with Crippen molar-refractivity contribution in [1.82, 2.24) is 4.98 Å². The summed E-state index contributed by atoms with van der Waals surface area (Å²) in [6.07, 6.45) is 1.23. The Kier molecular flexibility index (Phi) is 7.94. The molecule has 2 N–H and O–H groups in total. The summed E-state index contributed by atoms with van der Waals surface area (Å²) >= 11 is 0. The Morgan fingerprint density at radius 3 is 2.07 bits per heavy atom. The molecular weight excluding hydrogens is 378 g/mol. The summed E-state index contributed by atoms with van der Waals surface area (Å²) in [4.78, 5) is 24.2. The van der Waals surface area contributed by atoms with Gasteiger partial charge >= 0.3 is 11.9 Å². The molecule has 0 bridgehead atoms. The van der Waals surface area contributed by atoms with Crippen molar-refractivity contribution in [3.8, 4) is 0 Å². The van der Waals surface area contributed by atoms with Crippen LogP contribution in [0.5, 0.6) is 0 Å². The van der Waals surface area contributed by atoms with Gasteiger partial charge in [0.25, 0.3) is 0 Å². The van der Waals surface area contributed by atoms with Crippen molar-refractivity contribution >= 4 is 11.9 Å². The molecule has 0 aliphatic carbocycles. The maximum Gasteiger partial charge on any atom is 0.355 e. The van der Waals surface area contributed by atoms with E-state index in [-0.39, 0.29) is 50.3 Å². The monoisotopic (exact) mass is 381 g/mol. The van der Waals surface area contributed by atoms with Crippen LogP contribution in [-0.2, 0) is 44.8 Å². The van der Waals surface area contributed by atoms with Gasteiger partial charge in [-0.25, -0.2) is 14.6 Å². The van der Waals surface area contributed by atoms with E-state index < -0.39 is 17.6 Å². The van der Waals surface area contributed by atoms with E-state index in [1.807, 2.05) is 0 Å². The number of hydrogen-bond donors (Lipinski definition) is 2. The molecule has 1 rings (SSSR count). The molecule has 0 aromatic carbocycles. The molecule has 0 unspecified atom stereocenters. The summed E-state index contributed by atoms with van der Waals surface area (Å²) in [6, 6.07) is 2.56. The minimum atomic E-state index is -1.34. The molecule has 0 aliphatic rings. The molecule has 14 heavy (non-hydrogen) atoms. The van der Waals surface area contributed by atoms with E-state index in [4.69, 9.17) is 10.2 Å². The Balaban J connectivity index is 0. The molecule has 5 nitrogen and oxygen atoms in total. The van der Waals surface area contributed by atoms with Crippen LogP contribution in [0.4, 0.5) is 0 Å². The fourth-order valence-electron chi connectivity index (χ4n) is 0.748. The number of aromatic carboxylic acids is 2. The summed E-state index contributed by atoms with van der Waals surface area (Å²) in [5, 5.41) is 17.0. The van der Waals surface area contributed by atoms with Gasteiger partial charge in [0.05, 0.1) is 5.56 Å². The largest absolute Gasteiger partial charge is 0.478 e. The number of carbonyl (C=O) groups is 2. The third kappa shape index (κ3) is 3.75. The van der Waals surface area contributed by atoms with Gasteiger partial charge in [0.2, 0.25) is 0 Å². The second kappa shape index (κ2) is 6.94. The average molecular weight is 383 g/mol. The van der Waals surface area contributed by atoms with Gasteiger partial charge in [0, 0.05) is 51.0 Å². The molecule has 0 saturated heterocycles. The van der Waals surface area contributed by atoms with Crippen LogP contribution in [0.25, 0.3) is 0 Å². The number of aromatic nitrogens is 1. The Bertz CT molecular complexity index is 309. The number of hydrogen-bond acceptors (Lipinski definition) is 3. The smallest absolute Gasteiger partial charge is 0.355 e. The topological polar surface area (TPSA) is 87.5 Å². The van der Waals surface area contributed by atoms with Crippen LogP contribution in [0.2, 0.25) is 0 Å². The molecule has 0 aliphatic heterocycles. The summed E-state index contributed by atoms with van der Waals surface area (Å²) in [5.74, 6) is -2.63. The predicted octanol–water partition coefficient (Wildman–Crippen LogP) is 0.473. The number of pyridine rings is 1. The van der Waals surface area contributed by atoms with Gasteiger partial charge < -0.3 is 10.2 Å². The summed E-state index contributed by atoms with van der Waals surface area (Å²) in [5.41, 5.74) is -0.741. The molecule has 0 spiro atoms. The molecule has 84 valence electrons.